The van der Waals surface area contributed by atoms with Gasteiger partial charge < -0.3 is 18.9 Å². The molecule has 1 amide bonds. The van der Waals surface area contributed by atoms with Gasteiger partial charge >= 0.3 is 0 Å². The van der Waals surface area contributed by atoms with Crippen molar-refractivity contribution in [3.05, 3.63) is 30.2 Å². The molecule has 0 radical (unpaired) electrons. The molecule has 1 saturated heterocycles. The third-order valence-corrected chi connectivity index (χ3v) is 5.65. The van der Waals surface area contributed by atoms with Gasteiger partial charge in [-0.15, -0.1) is 0 Å². The maximum atomic E-state index is 12.7. The lowest BCUT2D eigenvalue weighted by molar-refractivity contribution is -0.149. The Morgan fingerprint density at radius 2 is 2.07 bits per heavy atom. The van der Waals surface area contributed by atoms with Crippen LogP contribution in [0.2, 0.25) is 0 Å². The van der Waals surface area contributed by atoms with E-state index in [4.69, 9.17) is 14.0 Å². The third-order valence-electron chi connectivity index (χ3n) is 5.65. The van der Waals surface area contributed by atoms with Crippen molar-refractivity contribution in [2.45, 2.75) is 57.1 Å². The van der Waals surface area contributed by atoms with Crippen LogP contribution in [-0.4, -0.2) is 53.4 Å². The number of hydrogen-bond donors (Lipinski definition) is 0. The number of carbonyl (C=O) groups excluding carboxylic acids is 1. The summed E-state index contributed by atoms with van der Waals surface area (Å²) in [6.07, 6.45) is 6.57. The van der Waals surface area contributed by atoms with Gasteiger partial charge in [-0.25, -0.2) is 0 Å². The van der Waals surface area contributed by atoms with Gasteiger partial charge in [-0.3, -0.25) is 4.79 Å². The Morgan fingerprint density at radius 1 is 1.25 bits per heavy atom. The van der Waals surface area contributed by atoms with Crippen LogP contribution in [0.5, 0.6) is 5.75 Å². The zero-order valence-electron chi connectivity index (χ0n) is 16.3. The molecule has 7 nitrogen and oxygen atoms in total. The molecule has 7 heteroatoms. The lowest BCUT2D eigenvalue weighted by atomic mass is 9.90. The topological polar surface area (TPSA) is 77.7 Å². The molecular weight excluding hydrogens is 358 g/mol. The zero-order valence-corrected chi connectivity index (χ0v) is 16.3. The average Bonchev–Trinajstić information content (AvgIpc) is 3.22. The van der Waals surface area contributed by atoms with Crippen molar-refractivity contribution in [3.8, 4) is 17.1 Å². The zero-order chi connectivity index (χ0) is 19.3. The number of aromatic nitrogens is 2. The monoisotopic (exact) mass is 385 g/mol. The Balaban J connectivity index is 1.29. The summed E-state index contributed by atoms with van der Waals surface area (Å²) >= 11 is 0. The molecule has 2 atom stereocenters. The molecule has 2 unspecified atom stereocenters. The Kier molecular flexibility index (Phi) is 5.90. The molecule has 1 saturated carbocycles. The minimum absolute atomic E-state index is 0.218. The summed E-state index contributed by atoms with van der Waals surface area (Å²) in [6, 6.07) is 7.79. The number of amides is 1. The van der Waals surface area contributed by atoms with Crippen molar-refractivity contribution >= 4 is 5.91 Å². The minimum atomic E-state index is 0.218. The molecule has 0 spiro atoms. The second kappa shape index (κ2) is 8.73. The van der Waals surface area contributed by atoms with E-state index in [0.717, 1.165) is 24.2 Å². The van der Waals surface area contributed by atoms with Crippen LogP contribution in [0.1, 0.15) is 44.4 Å². The number of morpholine rings is 1. The van der Waals surface area contributed by atoms with E-state index in [1.807, 2.05) is 29.2 Å². The summed E-state index contributed by atoms with van der Waals surface area (Å²) in [5, 5.41) is 4.04. The molecule has 1 aliphatic carbocycles. The molecule has 0 bridgehead atoms. The number of ether oxygens (including phenoxy) is 2. The minimum Gasteiger partial charge on any atom is -0.497 e. The number of aryl methyl sites for hydroxylation is 1. The van der Waals surface area contributed by atoms with Crippen molar-refractivity contribution in [3.63, 3.8) is 0 Å². The van der Waals surface area contributed by atoms with E-state index >= 15 is 0 Å². The summed E-state index contributed by atoms with van der Waals surface area (Å²) in [4.78, 5) is 19.2. The fourth-order valence-electron chi connectivity index (χ4n) is 4.15. The standard InChI is InChI=1S/C21H27N3O4/c1-26-16-11-9-15(10-12-16)21-22-19(28-23-21)7-4-8-20(25)24-13-14-27-18-6-3-2-5-17(18)24/h9-12,17-18H,2-8,13-14H2,1H3. The molecule has 1 aromatic carbocycles. The Labute approximate surface area is 165 Å². The van der Waals surface area contributed by atoms with E-state index in [2.05, 4.69) is 10.1 Å². The molecule has 150 valence electrons. The van der Waals surface area contributed by atoms with Crippen molar-refractivity contribution < 1.29 is 18.8 Å². The molecule has 0 N–H and O–H groups in total. The predicted molar refractivity (Wildman–Crippen MR) is 103 cm³/mol. The first kappa shape index (κ1) is 18.9. The normalized spacial score (nSPS) is 22.0. The second-order valence-electron chi connectivity index (χ2n) is 7.44. The van der Waals surface area contributed by atoms with Gasteiger partial charge in [0.05, 0.1) is 25.9 Å². The van der Waals surface area contributed by atoms with E-state index in [0.29, 0.717) is 44.1 Å². The summed E-state index contributed by atoms with van der Waals surface area (Å²) in [5.74, 6) is 2.13. The van der Waals surface area contributed by atoms with Crippen molar-refractivity contribution in [1.82, 2.24) is 15.0 Å². The van der Waals surface area contributed by atoms with E-state index in [1.54, 1.807) is 7.11 Å². The Hall–Kier alpha value is -2.41. The Morgan fingerprint density at radius 3 is 2.89 bits per heavy atom. The van der Waals surface area contributed by atoms with E-state index < -0.39 is 0 Å². The largest absolute Gasteiger partial charge is 0.497 e. The third kappa shape index (κ3) is 4.19. The van der Waals surface area contributed by atoms with Gasteiger partial charge in [0.25, 0.3) is 0 Å². The lowest BCUT2D eigenvalue weighted by Gasteiger charge is -2.43. The SMILES string of the molecule is COc1ccc(-c2noc(CCCC(=O)N3CCOC4CCCCC43)n2)cc1. The lowest BCUT2D eigenvalue weighted by Crippen LogP contribution is -2.54. The molecule has 2 aromatic rings. The van der Waals surface area contributed by atoms with Gasteiger partial charge in [0.1, 0.15) is 5.75 Å². The molecule has 1 aromatic heterocycles. The highest BCUT2D eigenvalue weighted by Crippen LogP contribution is 2.29. The second-order valence-corrected chi connectivity index (χ2v) is 7.44. The quantitative estimate of drug-likeness (QED) is 0.760. The molecule has 28 heavy (non-hydrogen) atoms. The first-order valence-electron chi connectivity index (χ1n) is 10.1. The number of carbonyl (C=O) groups is 1. The predicted octanol–water partition coefficient (Wildman–Crippen LogP) is 3.24. The maximum absolute atomic E-state index is 12.7. The fourth-order valence-corrected chi connectivity index (χ4v) is 4.15. The summed E-state index contributed by atoms with van der Waals surface area (Å²) in [6.45, 7) is 1.37. The highest BCUT2D eigenvalue weighted by Gasteiger charge is 2.36. The van der Waals surface area contributed by atoms with Gasteiger partial charge in [-0.05, 0) is 43.5 Å². The summed E-state index contributed by atoms with van der Waals surface area (Å²) in [7, 11) is 1.63. The van der Waals surface area contributed by atoms with E-state index in [9.17, 15) is 4.79 Å². The Bertz CT molecular complexity index is 787. The van der Waals surface area contributed by atoms with Gasteiger partial charge in [-0.1, -0.05) is 18.0 Å². The van der Waals surface area contributed by atoms with Crippen molar-refractivity contribution in [2.75, 3.05) is 20.3 Å². The van der Waals surface area contributed by atoms with E-state index in [1.165, 1.54) is 12.8 Å². The first-order valence-corrected chi connectivity index (χ1v) is 10.1. The highest BCUT2D eigenvalue weighted by molar-refractivity contribution is 5.76. The van der Waals surface area contributed by atoms with Crippen molar-refractivity contribution in [1.29, 1.82) is 0 Å². The van der Waals surface area contributed by atoms with Gasteiger partial charge in [0, 0.05) is 24.9 Å². The number of fused-ring (bicyclic) bond motifs is 1. The molecular formula is C21H27N3O4. The molecule has 2 fully saturated rings. The van der Waals surface area contributed by atoms with Crippen LogP contribution in [0.15, 0.2) is 28.8 Å². The average molecular weight is 385 g/mol. The number of rotatable bonds is 6. The van der Waals surface area contributed by atoms with Crippen LogP contribution in [0.25, 0.3) is 11.4 Å². The van der Waals surface area contributed by atoms with Crippen molar-refractivity contribution in [2.24, 2.45) is 0 Å². The van der Waals surface area contributed by atoms with Gasteiger partial charge in [0.2, 0.25) is 17.6 Å². The first-order chi connectivity index (χ1) is 13.7. The molecule has 2 aliphatic rings. The molecule has 4 rings (SSSR count). The van der Waals surface area contributed by atoms with Crippen LogP contribution in [0.3, 0.4) is 0 Å². The smallest absolute Gasteiger partial charge is 0.226 e. The number of methoxy groups -OCH3 is 1. The number of benzene rings is 1. The number of nitrogens with zero attached hydrogens (tertiary/aromatic N) is 3. The summed E-state index contributed by atoms with van der Waals surface area (Å²) in [5.41, 5.74) is 0.878. The van der Waals surface area contributed by atoms with Crippen LogP contribution in [0, 0.1) is 0 Å². The van der Waals surface area contributed by atoms with Crippen LogP contribution >= 0.6 is 0 Å². The van der Waals surface area contributed by atoms with Crippen LogP contribution in [0.4, 0.5) is 0 Å². The maximum Gasteiger partial charge on any atom is 0.226 e. The van der Waals surface area contributed by atoms with Crippen LogP contribution in [-0.2, 0) is 16.0 Å². The number of hydrogen-bond acceptors (Lipinski definition) is 6. The highest BCUT2D eigenvalue weighted by atomic mass is 16.5. The van der Waals surface area contributed by atoms with Gasteiger partial charge in [-0.2, -0.15) is 4.98 Å². The molecule has 2 heterocycles. The molecule has 1 aliphatic heterocycles. The summed E-state index contributed by atoms with van der Waals surface area (Å²) < 4.78 is 16.4. The fraction of sp³-hybridized carbons (Fsp3) is 0.571. The van der Waals surface area contributed by atoms with Crippen LogP contribution < -0.4 is 4.74 Å². The van der Waals surface area contributed by atoms with Gasteiger partial charge in [0.15, 0.2) is 0 Å². The van der Waals surface area contributed by atoms with E-state index in [-0.39, 0.29) is 18.1 Å².